The highest BCUT2D eigenvalue weighted by Gasteiger charge is 2.17. The van der Waals surface area contributed by atoms with Crippen molar-refractivity contribution in [2.45, 2.75) is 0 Å². The molecule has 6 heteroatoms. The number of benzene rings is 2. The largest absolute Gasteiger partial charge is 0.465 e. The number of halogens is 1. The number of carbonyl (C=O) groups is 2. The minimum Gasteiger partial charge on any atom is -0.465 e. The average molecular weight is 298 g/mol. The van der Waals surface area contributed by atoms with Crippen molar-refractivity contribution in [3.8, 4) is 0 Å². The first kappa shape index (κ1) is 15.2. The molecule has 0 fully saturated rings. The van der Waals surface area contributed by atoms with Crippen LogP contribution in [0.5, 0.6) is 0 Å². The maximum atomic E-state index is 14.1. The van der Waals surface area contributed by atoms with Crippen LogP contribution < -0.4 is 5.32 Å². The van der Waals surface area contributed by atoms with Crippen molar-refractivity contribution in [1.82, 2.24) is 0 Å². The van der Waals surface area contributed by atoms with Gasteiger partial charge in [0.15, 0.2) is 11.5 Å². The van der Waals surface area contributed by atoms with Crippen LogP contribution in [-0.4, -0.2) is 19.0 Å². The summed E-state index contributed by atoms with van der Waals surface area (Å²) in [6.07, 6.45) is 0. The number of methoxy groups -OCH3 is 1. The predicted octanol–water partition coefficient (Wildman–Crippen LogP) is 3.42. The Hall–Kier alpha value is -3.20. The maximum Gasteiger partial charge on any atom is 0.340 e. The molecule has 22 heavy (non-hydrogen) atoms. The lowest BCUT2D eigenvalue weighted by Gasteiger charge is -2.09. The Bertz CT molecular complexity index is 764. The van der Waals surface area contributed by atoms with Gasteiger partial charge in [0.2, 0.25) is 0 Å². The molecule has 0 aliphatic rings. The van der Waals surface area contributed by atoms with E-state index in [-0.39, 0.29) is 16.8 Å². The lowest BCUT2D eigenvalue weighted by Crippen LogP contribution is -2.14. The SMILES string of the molecule is [C-]#[N+]c1ccc(C(=O)Nc2cccc(C(=O)OC)c2F)cc1. The van der Waals surface area contributed by atoms with E-state index in [1.54, 1.807) is 0 Å². The molecule has 0 saturated carbocycles. The fourth-order valence-corrected chi connectivity index (χ4v) is 1.78. The number of esters is 1. The van der Waals surface area contributed by atoms with Gasteiger partial charge in [-0.05, 0) is 12.1 Å². The smallest absolute Gasteiger partial charge is 0.340 e. The number of ether oxygens (including phenoxy) is 1. The Morgan fingerprint density at radius 1 is 1.18 bits per heavy atom. The Morgan fingerprint density at radius 3 is 2.45 bits per heavy atom. The van der Waals surface area contributed by atoms with E-state index in [9.17, 15) is 14.0 Å². The first-order valence-corrected chi connectivity index (χ1v) is 6.22. The summed E-state index contributed by atoms with van der Waals surface area (Å²) in [5.41, 5.74) is 0.288. The average Bonchev–Trinajstić information content (AvgIpc) is 2.56. The fraction of sp³-hybridized carbons (Fsp3) is 0.0625. The predicted molar refractivity (Wildman–Crippen MR) is 78.4 cm³/mol. The van der Waals surface area contributed by atoms with Crippen molar-refractivity contribution >= 4 is 23.3 Å². The molecule has 110 valence electrons. The van der Waals surface area contributed by atoms with Crippen LogP contribution in [0.2, 0.25) is 0 Å². The van der Waals surface area contributed by atoms with Crippen LogP contribution in [0.3, 0.4) is 0 Å². The van der Waals surface area contributed by atoms with E-state index < -0.39 is 17.7 Å². The van der Waals surface area contributed by atoms with Crippen molar-refractivity contribution in [2.24, 2.45) is 0 Å². The molecule has 0 spiro atoms. The van der Waals surface area contributed by atoms with E-state index in [1.807, 2.05) is 0 Å². The monoisotopic (exact) mass is 298 g/mol. The molecule has 0 radical (unpaired) electrons. The van der Waals surface area contributed by atoms with Gasteiger partial charge in [-0.15, -0.1) is 0 Å². The zero-order chi connectivity index (χ0) is 16.1. The van der Waals surface area contributed by atoms with E-state index in [0.29, 0.717) is 5.69 Å². The van der Waals surface area contributed by atoms with Gasteiger partial charge in [-0.1, -0.05) is 30.3 Å². The number of hydrogen-bond acceptors (Lipinski definition) is 3. The van der Waals surface area contributed by atoms with Gasteiger partial charge in [0.05, 0.1) is 24.9 Å². The van der Waals surface area contributed by atoms with E-state index in [2.05, 4.69) is 14.9 Å². The number of nitrogens with zero attached hydrogens (tertiary/aromatic N) is 1. The minimum atomic E-state index is -0.861. The van der Waals surface area contributed by atoms with E-state index in [0.717, 1.165) is 7.11 Å². The summed E-state index contributed by atoms with van der Waals surface area (Å²) in [5.74, 6) is -2.23. The summed E-state index contributed by atoms with van der Waals surface area (Å²) < 4.78 is 18.6. The van der Waals surface area contributed by atoms with Gasteiger partial charge in [-0.3, -0.25) is 4.79 Å². The molecule has 0 saturated heterocycles. The molecule has 1 N–H and O–H groups in total. The van der Waals surface area contributed by atoms with Crippen molar-refractivity contribution in [1.29, 1.82) is 0 Å². The molecule has 2 aromatic carbocycles. The lowest BCUT2D eigenvalue weighted by atomic mass is 10.1. The van der Waals surface area contributed by atoms with Gasteiger partial charge < -0.3 is 10.1 Å². The summed E-state index contributed by atoms with van der Waals surface area (Å²) in [7, 11) is 1.14. The maximum absolute atomic E-state index is 14.1. The summed E-state index contributed by atoms with van der Waals surface area (Å²) in [4.78, 5) is 26.7. The number of rotatable bonds is 3. The Labute approximate surface area is 126 Å². The van der Waals surface area contributed by atoms with Gasteiger partial charge >= 0.3 is 5.97 Å². The number of amides is 1. The standard InChI is InChI=1S/C16H11FN2O3/c1-18-11-8-6-10(7-9-11)15(20)19-13-5-3-4-12(14(13)17)16(21)22-2/h3-9H,2H3,(H,19,20). The van der Waals surface area contributed by atoms with Crippen LogP contribution in [0, 0.1) is 12.4 Å². The molecular formula is C16H11FN2O3. The van der Waals surface area contributed by atoms with Crippen LogP contribution in [0.4, 0.5) is 15.8 Å². The van der Waals surface area contributed by atoms with Crippen LogP contribution in [0.1, 0.15) is 20.7 Å². The minimum absolute atomic E-state index is 0.123. The molecule has 2 aromatic rings. The van der Waals surface area contributed by atoms with Crippen LogP contribution in [0.25, 0.3) is 4.85 Å². The molecule has 0 atom stereocenters. The molecule has 0 aliphatic carbocycles. The molecule has 0 unspecified atom stereocenters. The van der Waals surface area contributed by atoms with Gasteiger partial charge in [0, 0.05) is 5.56 Å². The zero-order valence-electron chi connectivity index (χ0n) is 11.6. The fourth-order valence-electron chi connectivity index (χ4n) is 1.78. The van der Waals surface area contributed by atoms with E-state index in [4.69, 9.17) is 6.57 Å². The number of nitrogens with one attached hydrogen (secondary N) is 1. The molecule has 0 bridgehead atoms. The van der Waals surface area contributed by atoms with Crippen molar-refractivity contribution in [3.05, 3.63) is 70.8 Å². The summed E-state index contributed by atoms with van der Waals surface area (Å²) in [5, 5.41) is 2.38. The third-order valence-corrected chi connectivity index (χ3v) is 2.91. The zero-order valence-corrected chi connectivity index (χ0v) is 11.6. The van der Waals surface area contributed by atoms with E-state index >= 15 is 0 Å². The third kappa shape index (κ3) is 3.10. The summed E-state index contributed by atoms with van der Waals surface area (Å²) >= 11 is 0. The van der Waals surface area contributed by atoms with Gasteiger partial charge in [-0.2, -0.15) is 0 Å². The van der Waals surface area contributed by atoms with Crippen molar-refractivity contribution in [2.75, 3.05) is 12.4 Å². The summed E-state index contributed by atoms with van der Waals surface area (Å²) in [6.45, 7) is 6.84. The highest BCUT2D eigenvalue weighted by molar-refractivity contribution is 6.05. The second kappa shape index (κ2) is 6.50. The second-order valence-electron chi connectivity index (χ2n) is 4.27. The normalized spacial score (nSPS) is 9.68. The van der Waals surface area contributed by atoms with Crippen molar-refractivity contribution < 1.29 is 18.7 Å². The molecule has 0 heterocycles. The first-order valence-electron chi connectivity index (χ1n) is 6.22. The van der Waals surface area contributed by atoms with Crippen molar-refractivity contribution in [3.63, 3.8) is 0 Å². The van der Waals surface area contributed by atoms with Gasteiger partial charge in [-0.25, -0.2) is 14.0 Å². The Morgan fingerprint density at radius 2 is 1.86 bits per heavy atom. The number of carbonyl (C=O) groups excluding carboxylic acids is 2. The molecule has 1 amide bonds. The number of hydrogen-bond donors (Lipinski definition) is 1. The van der Waals surface area contributed by atoms with Crippen LogP contribution in [-0.2, 0) is 4.74 Å². The van der Waals surface area contributed by atoms with Gasteiger partial charge in [0.1, 0.15) is 0 Å². The molecule has 2 rings (SSSR count). The molecule has 5 nitrogen and oxygen atoms in total. The lowest BCUT2D eigenvalue weighted by molar-refractivity contribution is 0.0595. The third-order valence-electron chi connectivity index (χ3n) is 2.91. The Balaban J connectivity index is 2.25. The van der Waals surface area contributed by atoms with Crippen LogP contribution in [0.15, 0.2) is 42.5 Å². The Kier molecular flexibility index (Phi) is 4.49. The highest BCUT2D eigenvalue weighted by Crippen LogP contribution is 2.20. The van der Waals surface area contributed by atoms with Gasteiger partial charge in [0.25, 0.3) is 5.91 Å². The molecule has 0 aliphatic heterocycles. The highest BCUT2D eigenvalue weighted by atomic mass is 19.1. The second-order valence-corrected chi connectivity index (χ2v) is 4.27. The number of anilines is 1. The van der Waals surface area contributed by atoms with Crippen LogP contribution >= 0.6 is 0 Å². The van der Waals surface area contributed by atoms with E-state index in [1.165, 1.54) is 42.5 Å². The molecular weight excluding hydrogens is 287 g/mol. The summed E-state index contributed by atoms with van der Waals surface area (Å²) in [6, 6.07) is 9.95. The topological polar surface area (TPSA) is 59.8 Å². The first-order chi connectivity index (χ1) is 10.6. The molecule has 0 aromatic heterocycles. The quantitative estimate of drug-likeness (QED) is 0.697.